The van der Waals surface area contributed by atoms with Crippen LogP contribution in [0, 0.1) is 6.92 Å². The molecule has 0 radical (unpaired) electrons. The van der Waals surface area contributed by atoms with Crippen LogP contribution in [0.5, 0.6) is 5.75 Å². The Balaban J connectivity index is 2.38. The molecule has 106 valence electrons. The van der Waals surface area contributed by atoms with E-state index >= 15 is 0 Å². The average molecular weight is 332 g/mol. The number of anilines is 1. The molecule has 0 amide bonds. The predicted octanol–water partition coefficient (Wildman–Crippen LogP) is 3.81. The van der Waals surface area contributed by atoms with E-state index in [1.165, 1.54) is 30.3 Å². The number of sulfonamides is 1. The van der Waals surface area contributed by atoms with Crippen molar-refractivity contribution in [2.45, 2.75) is 11.8 Å². The van der Waals surface area contributed by atoms with Crippen molar-refractivity contribution in [2.24, 2.45) is 0 Å². The molecule has 0 aliphatic rings. The fourth-order valence-electron chi connectivity index (χ4n) is 1.58. The first-order valence-electron chi connectivity index (χ1n) is 5.57. The second-order valence-corrected chi connectivity index (χ2v) is 6.70. The molecule has 0 aliphatic carbocycles. The highest BCUT2D eigenvalue weighted by Gasteiger charge is 2.17. The zero-order valence-electron chi connectivity index (χ0n) is 10.4. The third kappa shape index (κ3) is 3.17. The Bertz CT molecular complexity index is 760. The van der Waals surface area contributed by atoms with Crippen LogP contribution in [0.3, 0.4) is 0 Å². The summed E-state index contributed by atoms with van der Waals surface area (Å²) in [4.78, 5) is -0.0353. The Labute approximate surface area is 127 Å². The summed E-state index contributed by atoms with van der Waals surface area (Å²) in [6, 6.07) is 8.62. The van der Waals surface area contributed by atoms with E-state index in [-0.39, 0.29) is 26.4 Å². The minimum Gasteiger partial charge on any atom is -0.506 e. The van der Waals surface area contributed by atoms with Gasteiger partial charge in [-0.15, -0.1) is 0 Å². The minimum atomic E-state index is -3.84. The predicted molar refractivity (Wildman–Crippen MR) is 80.1 cm³/mol. The molecule has 2 aromatic rings. The molecule has 0 spiro atoms. The highest BCUT2D eigenvalue weighted by atomic mass is 35.5. The van der Waals surface area contributed by atoms with Crippen molar-refractivity contribution in [2.75, 3.05) is 4.72 Å². The van der Waals surface area contributed by atoms with Crippen molar-refractivity contribution in [1.29, 1.82) is 0 Å². The maximum Gasteiger partial charge on any atom is 0.262 e. The van der Waals surface area contributed by atoms with Gasteiger partial charge in [0.15, 0.2) is 0 Å². The normalized spacial score (nSPS) is 11.3. The van der Waals surface area contributed by atoms with Gasteiger partial charge in [-0.1, -0.05) is 29.3 Å². The van der Waals surface area contributed by atoms with E-state index in [0.29, 0.717) is 0 Å². The average Bonchev–Trinajstić information content (AvgIpc) is 2.36. The van der Waals surface area contributed by atoms with Crippen LogP contribution in [0.15, 0.2) is 41.3 Å². The molecule has 0 fully saturated rings. The van der Waals surface area contributed by atoms with Crippen LogP contribution in [0.2, 0.25) is 10.0 Å². The number of hydrogen-bond donors (Lipinski definition) is 2. The van der Waals surface area contributed by atoms with Gasteiger partial charge in [0.1, 0.15) is 5.75 Å². The van der Waals surface area contributed by atoms with Gasteiger partial charge >= 0.3 is 0 Å². The van der Waals surface area contributed by atoms with E-state index in [4.69, 9.17) is 23.2 Å². The number of nitrogens with one attached hydrogen (secondary N) is 1. The number of phenols is 1. The summed E-state index contributed by atoms with van der Waals surface area (Å²) in [6.45, 7) is 1.79. The largest absolute Gasteiger partial charge is 0.506 e. The fourth-order valence-corrected chi connectivity index (χ4v) is 3.04. The summed E-state index contributed by atoms with van der Waals surface area (Å²) in [5.41, 5.74) is 0.918. The number of rotatable bonds is 3. The number of benzene rings is 2. The molecular weight excluding hydrogens is 321 g/mol. The first-order chi connectivity index (χ1) is 9.29. The van der Waals surface area contributed by atoms with Crippen molar-refractivity contribution >= 4 is 38.9 Å². The first kappa shape index (κ1) is 15.0. The lowest BCUT2D eigenvalue weighted by Crippen LogP contribution is -2.13. The van der Waals surface area contributed by atoms with Gasteiger partial charge in [-0.05, 0) is 42.8 Å². The summed E-state index contributed by atoms with van der Waals surface area (Å²) in [5, 5.41) is 10.1. The Morgan fingerprint density at radius 2 is 1.75 bits per heavy atom. The van der Waals surface area contributed by atoms with Gasteiger partial charge in [0.25, 0.3) is 10.0 Å². The maximum absolute atomic E-state index is 12.2. The number of phenolic OH excluding ortho intramolecular Hbond substituents is 1. The minimum absolute atomic E-state index is 0.0353. The smallest absolute Gasteiger partial charge is 0.262 e. The van der Waals surface area contributed by atoms with E-state index in [9.17, 15) is 13.5 Å². The van der Waals surface area contributed by atoms with Crippen molar-refractivity contribution in [3.05, 3.63) is 52.0 Å². The van der Waals surface area contributed by atoms with Crippen LogP contribution in [0.25, 0.3) is 0 Å². The molecule has 2 N–H and O–H groups in total. The summed E-state index contributed by atoms with van der Waals surface area (Å²) in [6.07, 6.45) is 0. The number of aromatic hydroxyl groups is 1. The van der Waals surface area contributed by atoms with Gasteiger partial charge in [0, 0.05) is 0 Å². The maximum atomic E-state index is 12.2. The van der Waals surface area contributed by atoms with Crippen molar-refractivity contribution in [3.63, 3.8) is 0 Å². The zero-order chi connectivity index (χ0) is 14.9. The van der Waals surface area contributed by atoms with Gasteiger partial charge in [-0.3, -0.25) is 4.72 Å². The van der Waals surface area contributed by atoms with E-state index in [1.54, 1.807) is 13.0 Å². The second-order valence-electron chi connectivity index (χ2n) is 4.20. The zero-order valence-corrected chi connectivity index (χ0v) is 12.7. The molecule has 0 heterocycles. The highest BCUT2D eigenvalue weighted by molar-refractivity contribution is 7.92. The Morgan fingerprint density at radius 1 is 1.05 bits per heavy atom. The molecule has 0 unspecified atom stereocenters. The molecule has 0 atom stereocenters. The third-order valence-corrected chi connectivity index (χ3v) is 4.70. The SMILES string of the molecule is Cc1ccc(NS(=O)(=O)c2ccc(Cl)c(Cl)c2)c(O)c1. The van der Waals surface area contributed by atoms with Crippen molar-refractivity contribution < 1.29 is 13.5 Å². The molecule has 0 saturated heterocycles. The van der Waals surface area contributed by atoms with E-state index in [0.717, 1.165) is 5.56 Å². The molecule has 2 rings (SSSR count). The molecule has 0 saturated carbocycles. The Kier molecular flexibility index (Phi) is 4.13. The van der Waals surface area contributed by atoms with Gasteiger partial charge < -0.3 is 5.11 Å². The third-order valence-electron chi connectivity index (χ3n) is 2.60. The van der Waals surface area contributed by atoms with Crippen LogP contribution in [-0.4, -0.2) is 13.5 Å². The number of hydrogen-bond acceptors (Lipinski definition) is 3. The first-order valence-corrected chi connectivity index (χ1v) is 7.81. The Hall–Kier alpha value is -1.43. The lowest BCUT2D eigenvalue weighted by atomic mass is 10.2. The van der Waals surface area contributed by atoms with Gasteiger partial charge in [0.05, 0.1) is 20.6 Å². The van der Waals surface area contributed by atoms with Crippen LogP contribution < -0.4 is 4.72 Å². The monoisotopic (exact) mass is 331 g/mol. The number of aryl methyl sites for hydroxylation is 1. The van der Waals surface area contributed by atoms with Gasteiger partial charge in [-0.2, -0.15) is 0 Å². The molecule has 2 aromatic carbocycles. The molecule has 20 heavy (non-hydrogen) atoms. The molecule has 0 aliphatic heterocycles. The summed E-state index contributed by atoms with van der Waals surface area (Å²) in [5.74, 6) is -0.145. The van der Waals surface area contributed by atoms with Crippen LogP contribution in [-0.2, 0) is 10.0 Å². The van der Waals surface area contributed by atoms with Crippen molar-refractivity contribution in [3.8, 4) is 5.75 Å². The highest BCUT2D eigenvalue weighted by Crippen LogP contribution is 2.29. The van der Waals surface area contributed by atoms with E-state index in [2.05, 4.69) is 4.72 Å². The molecule has 7 heteroatoms. The quantitative estimate of drug-likeness (QED) is 0.840. The molecule has 0 aromatic heterocycles. The molecule has 4 nitrogen and oxygen atoms in total. The second kappa shape index (κ2) is 5.52. The fraction of sp³-hybridized carbons (Fsp3) is 0.0769. The topological polar surface area (TPSA) is 66.4 Å². The van der Waals surface area contributed by atoms with Gasteiger partial charge in [0.2, 0.25) is 0 Å². The molecular formula is C13H11Cl2NO3S. The van der Waals surface area contributed by atoms with Crippen LogP contribution in [0.1, 0.15) is 5.56 Å². The molecule has 0 bridgehead atoms. The van der Waals surface area contributed by atoms with Crippen LogP contribution >= 0.6 is 23.2 Å². The van der Waals surface area contributed by atoms with E-state index < -0.39 is 10.0 Å². The lowest BCUT2D eigenvalue weighted by molar-refractivity contribution is 0.477. The van der Waals surface area contributed by atoms with Crippen molar-refractivity contribution in [1.82, 2.24) is 0 Å². The van der Waals surface area contributed by atoms with Gasteiger partial charge in [-0.25, -0.2) is 8.42 Å². The van der Waals surface area contributed by atoms with Crippen LogP contribution in [0.4, 0.5) is 5.69 Å². The standard InChI is InChI=1S/C13H11Cl2NO3S/c1-8-2-5-12(13(17)6-8)16-20(18,19)9-3-4-10(14)11(15)7-9/h2-7,16-17H,1H3. The summed E-state index contributed by atoms with van der Waals surface area (Å²) in [7, 11) is -3.84. The Morgan fingerprint density at radius 3 is 2.35 bits per heavy atom. The summed E-state index contributed by atoms with van der Waals surface area (Å²) >= 11 is 11.5. The van der Waals surface area contributed by atoms with E-state index in [1.807, 2.05) is 0 Å². The lowest BCUT2D eigenvalue weighted by Gasteiger charge is -2.10. The number of halogens is 2. The summed E-state index contributed by atoms with van der Waals surface area (Å²) < 4.78 is 26.7.